The molecule has 0 fully saturated rings. The fraction of sp³-hybridized carbons (Fsp3) is 0.429. The SMILES string of the molecule is C=C(C)CCc1cc(OC)c(OC)c(OC)c1. The van der Waals surface area contributed by atoms with Crippen LogP contribution in [0.1, 0.15) is 18.9 Å². The van der Waals surface area contributed by atoms with Gasteiger partial charge in [0, 0.05) is 0 Å². The summed E-state index contributed by atoms with van der Waals surface area (Å²) in [6.07, 6.45) is 1.88. The van der Waals surface area contributed by atoms with E-state index in [1.165, 1.54) is 5.57 Å². The Labute approximate surface area is 103 Å². The monoisotopic (exact) mass is 236 g/mol. The maximum absolute atomic E-state index is 5.30. The first kappa shape index (κ1) is 13.4. The molecule has 0 aliphatic heterocycles. The highest BCUT2D eigenvalue weighted by Gasteiger charge is 2.12. The van der Waals surface area contributed by atoms with Gasteiger partial charge in [-0.25, -0.2) is 0 Å². The van der Waals surface area contributed by atoms with Crippen LogP contribution in [0.4, 0.5) is 0 Å². The molecule has 0 heterocycles. The topological polar surface area (TPSA) is 27.7 Å². The van der Waals surface area contributed by atoms with E-state index in [2.05, 4.69) is 6.58 Å². The molecule has 0 aliphatic carbocycles. The molecule has 0 N–H and O–H groups in total. The minimum Gasteiger partial charge on any atom is -0.493 e. The van der Waals surface area contributed by atoms with E-state index in [0.29, 0.717) is 17.2 Å². The van der Waals surface area contributed by atoms with Crippen LogP contribution in [0.5, 0.6) is 17.2 Å². The smallest absolute Gasteiger partial charge is 0.203 e. The first-order valence-corrected chi connectivity index (χ1v) is 5.55. The van der Waals surface area contributed by atoms with Gasteiger partial charge in [-0.1, -0.05) is 5.57 Å². The lowest BCUT2D eigenvalue weighted by molar-refractivity contribution is 0.324. The van der Waals surface area contributed by atoms with Gasteiger partial charge in [-0.2, -0.15) is 0 Å². The second-order valence-electron chi connectivity index (χ2n) is 3.99. The van der Waals surface area contributed by atoms with Gasteiger partial charge < -0.3 is 14.2 Å². The second-order valence-corrected chi connectivity index (χ2v) is 3.99. The summed E-state index contributed by atoms with van der Waals surface area (Å²) in [5.74, 6) is 2.03. The van der Waals surface area contributed by atoms with Crippen LogP contribution in [0.2, 0.25) is 0 Å². The molecule has 0 saturated carbocycles. The van der Waals surface area contributed by atoms with E-state index in [0.717, 1.165) is 18.4 Å². The molecule has 0 radical (unpaired) electrons. The normalized spacial score (nSPS) is 9.88. The fourth-order valence-electron chi connectivity index (χ4n) is 1.64. The number of hydrogen-bond acceptors (Lipinski definition) is 3. The van der Waals surface area contributed by atoms with Crippen LogP contribution in [-0.2, 0) is 6.42 Å². The summed E-state index contributed by atoms with van der Waals surface area (Å²) in [5.41, 5.74) is 2.32. The van der Waals surface area contributed by atoms with Gasteiger partial charge in [0.1, 0.15) is 0 Å². The average molecular weight is 236 g/mol. The number of allylic oxidation sites excluding steroid dienone is 1. The third kappa shape index (κ3) is 3.41. The Morgan fingerprint density at radius 1 is 1.06 bits per heavy atom. The fourth-order valence-corrected chi connectivity index (χ4v) is 1.64. The molecular weight excluding hydrogens is 216 g/mol. The first-order valence-electron chi connectivity index (χ1n) is 5.55. The van der Waals surface area contributed by atoms with E-state index in [9.17, 15) is 0 Å². The van der Waals surface area contributed by atoms with Crippen molar-refractivity contribution in [1.29, 1.82) is 0 Å². The van der Waals surface area contributed by atoms with E-state index in [4.69, 9.17) is 14.2 Å². The predicted octanol–water partition coefficient (Wildman–Crippen LogP) is 3.22. The van der Waals surface area contributed by atoms with E-state index < -0.39 is 0 Å². The summed E-state index contributed by atoms with van der Waals surface area (Å²) >= 11 is 0. The number of ether oxygens (including phenoxy) is 3. The van der Waals surface area contributed by atoms with Gasteiger partial charge in [-0.15, -0.1) is 6.58 Å². The summed E-state index contributed by atoms with van der Waals surface area (Å²) in [6.45, 7) is 5.93. The van der Waals surface area contributed by atoms with Crippen LogP contribution >= 0.6 is 0 Å². The summed E-state index contributed by atoms with van der Waals surface area (Å²) in [4.78, 5) is 0. The Balaban J connectivity index is 3.04. The van der Waals surface area contributed by atoms with Crippen LogP contribution in [-0.4, -0.2) is 21.3 Å². The van der Waals surface area contributed by atoms with Gasteiger partial charge in [0.15, 0.2) is 11.5 Å². The molecule has 94 valence electrons. The Morgan fingerprint density at radius 2 is 1.59 bits per heavy atom. The van der Waals surface area contributed by atoms with E-state index in [-0.39, 0.29) is 0 Å². The highest BCUT2D eigenvalue weighted by Crippen LogP contribution is 2.38. The average Bonchev–Trinajstić information content (AvgIpc) is 2.34. The minimum absolute atomic E-state index is 0.633. The van der Waals surface area contributed by atoms with Gasteiger partial charge in [-0.3, -0.25) is 0 Å². The Kier molecular flexibility index (Phi) is 4.88. The second kappa shape index (κ2) is 6.18. The van der Waals surface area contributed by atoms with Crippen molar-refractivity contribution in [2.24, 2.45) is 0 Å². The van der Waals surface area contributed by atoms with Crippen molar-refractivity contribution < 1.29 is 14.2 Å². The number of methoxy groups -OCH3 is 3. The van der Waals surface area contributed by atoms with Crippen molar-refractivity contribution >= 4 is 0 Å². The van der Waals surface area contributed by atoms with Crippen LogP contribution in [0.25, 0.3) is 0 Å². The zero-order chi connectivity index (χ0) is 12.8. The third-order valence-electron chi connectivity index (χ3n) is 2.56. The lowest BCUT2D eigenvalue weighted by atomic mass is 10.1. The molecule has 0 unspecified atom stereocenters. The van der Waals surface area contributed by atoms with Gasteiger partial charge >= 0.3 is 0 Å². The van der Waals surface area contributed by atoms with E-state index >= 15 is 0 Å². The minimum atomic E-state index is 0.633. The van der Waals surface area contributed by atoms with Crippen LogP contribution < -0.4 is 14.2 Å². The lowest BCUT2D eigenvalue weighted by Crippen LogP contribution is -1.97. The summed E-state index contributed by atoms with van der Waals surface area (Å²) < 4.78 is 15.9. The highest BCUT2D eigenvalue weighted by atomic mass is 16.5. The summed E-state index contributed by atoms with van der Waals surface area (Å²) in [6, 6.07) is 3.95. The molecule has 1 rings (SSSR count). The zero-order valence-electron chi connectivity index (χ0n) is 11.0. The predicted molar refractivity (Wildman–Crippen MR) is 69.2 cm³/mol. The maximum Gasteiger partial charge on any atom is 0.203 e. The highest BCUT2D eigenvalue weighted by molar-refractivity contribution is 5.53. The molecule has 0 atom stereocenters. The largest absolute Gasteiger partial charge is 0.493 e. The molecule has 17 heavy (non-hydrogen) atoms. The van der Waals surface area contributed by atoms with Gasteiger partial charge in [0.2, 0.25) is 5.75 Å². The summed E-state index contributed by atoms with van der Waals surface area (Å²) in [7, 11) is 4.85. The molecule has 3 heteroatoms. The standard InChI is InChI=1S/C14H20O3/c1-10(2)6-7-11-8-12(15-3)14(17-5)13(9-11)16-4/h8-9H,1,6-7H2,2-5H3. The molecule has 0 spiro atoms. The molecule has 0 amide bonds. The van der Waals surface area contributed by atoms with Crippen molar-refractivity contribution in [3.8, 4) is 17.2 Å². The van der Waals surface area contributed by atoms with Crippen LogP contribution in [0.15, 0.2) is 24.3 Å². The van der Waals surface area contributed by atoms with Crippen molar-refractivity contribution in [2.75, 3.05) is 21.3 Å². The quantitative estimate of drug-likeness (QED) is 0.710. The number of hydrogen-bond donors (Lipinski definition) is 0. The summed E-state index contributed by atoms with van der Waals surface area (Å²) in [5, 5.41) is 0. The number of rotatable bonds is 6. The molecule has 3 nitrogen and oxygen atoms in total. The van der Waals surface area contributed by atoms with Crippen LogP contribution in [0.3, 0.4) is 0 Å². The molecule has 1 aromatic rings. The first-order chi connectivity index (χ1) is 8.12. The van der Waals surface area contributed by atoms with E-state index in [1.807, 2.05) is 19.1 Å². The molecule has 0 saturated heterocycles. The Bertz CT molecular complexity index is 371. The van der Waals surface area contributed by atoms with Crippen molar-refractivity contribution in [3.63, 3.8) is 0 Å². The Hall–Kier alpha value is -1.64. The van der Waals surface area contributed by atoms with Gasteiger partial charge in [0.05, 0.1) is 21.3 Å². The van der Waals surface area contributed by atoms with Crippen molar-refractivity contribution in [2.45, 2.75) is 19.8 Å². The number of benzene rings is 1. The van der Waals surface area contributed by atoms with Crippen molar-refractivity contribution in [3.05, 3.63) is 29.8 Å². The van der Waals surface area contributed by atoms with Gasteiger partial charge in [0.25, 0.3) is 0 Å². The van der Waals surface area contributed by atoms with Gasteiger partial charge in [-0.05, 0) is 37.5 Å². The maximum atomic E-state index is 5.30. The lowest BCUT2D eigenvalue weighted by Gasteiger charge is -2.14. The van der Waals surface area contributed by atoms with Crippen molar-refractivity contribution in [1.82, 2.24) is 0 Å². The third-order valence-corrected chi connectivity index (χ3v) is 2.56. The van der Waals surface area contributed by atoms with Crippen LogP contribution in [0, 0.1) is 0 Å². The molecule has 0 bridgehead atoms. The molecule has 0 aliphatic rings. The Morgan fingerprint density at radius 3 is 1.94 bits per heavy atom. The zero-order valence-corrected chi connectivity index (χ0v) is 11.0. The molecule has 1 aromatic carbocycles. The molecular formula is C14H20O3. The molecule has 0 aromatic heterocycles. The number of aryl methyl sites for hydroxylation is 1. The van der Waals surface area contributed by atoms with E-state index in [1.54, 1.807) is 21.3 Å².